The van der Waals surface area contributed by atoms with E-state index in [-0.39, 0.29) is 0 Å². The Morgan fingerprint density at radius 1 is 1.24 bits per heavy atom. The number of nitrogens with two attached hydrogens (primary N) is 1. The summed E-state index contributed by atoms with van der Waals surface area (Å²) in [5.74, 6) is 0.176. The van der Waals surface area contributed by atoms with E-state index in [4.69, 9.17) is 5.73 Å². The first-order valence-electron chi connectivity index (χ1n) is 5.45. The van der Waals surface area contributed by atoms with Crippen LogP contribution in [-0.4, -0.2) is 29.1 Å². The van der Waals surface area contributed by atoms with Crippen LogP contribution in [0, 0.1) is 20.8 Å². The zero-order valence-corrected chi connectivity index (χ0v) is 11.4. The molecule has 1 aromatic heterocycles. The minimum absolute atomic E-state index is 0.333. The molecule has 5 heteroatoms. The molecule has 1 rings (SSSR count). The number of ether oxygens (including phenoxy) is 1. The van der Waals surface area contributed by atoms with E-state index in [1.807, 2.05) is 20.8 Å². The number of methoxy groups -OCH3 is 1. The van der Waals surface area contributed by atoms with Crippen molar-refractivity contribution in [1.29, 1.82) is 0 Å². The molecular weight excluding hydrogens is 218 g/mol. The van der Waals surface area contributed by atoms with Gasteiger partial charge in [-0.1, -0.05) is 13.8 Å². The third-order valence-corrected chi connectivity index (χ3v) is 1.88. The predicted octanol–water partition coefficient (Wildman–Crippen LogP) is 1.54. The molecule has 0 spiro atoms. The van der Waals surface area contributed by atoms with Crippen molar-refractivity contribution in [3.05, 3.63) is 22.8 Å². The quantitative estimate of drug-likeness (QED) is 0.752. The fraction of sp³-hybridized carbons (Fsp3) is 0.583. The summed E-state index contributed by atoms with van der Waals surface area (Å²) in [6, 6.07) is 0.333. The van der Waals surface area contributed by atoms with Gasteiger partial charge < -0.3 is 10.5 Å². The summed E-state index contributed by atoms with van der Waals surface area (Å²) in [5, 5.41) is 0. The number of carbonyl (C=O) groups is 1. The van der Waals surface area contributed by atoms with Gasteiger partial charge in [-0.15, -0.1) is 0 Å². The number of esters is 1. The second-order valence-corrected chi connectivity index (χ2v) is 4.07. The fourth-order valence-corrected chi connectivity index (χ4v) is 1.06. The molecule has 17 heavy (non-hydrogen) atoms. The van der Waals surface area contributed by atoms with Crippen LogP contribution in [0.25, 0.3) is 0 Å². The number of rotatable bonds is 1. The SMILES string of the molecule is CC(C)N.COC(=O)c1nc(C)nc(C)c1C. The molecule has 5 nitrogen and oxygen atoms in total. The zero-order chi connectivity index (χ0) is 13.6. The fourth-order valence-electron chi connectivity index (χ4n) is 1.06. The zero-order valence-electron chi connectivity index (χ0n) is 11.4. The van der Waals surface area contributed by atoms with Crippen molar-refractivity contribution >= 4 is 5.97 Å². The molecule has 0 saturated carbocycles. The Hall–Kier alpha value is -1.49. The van der Waals surface area contributed by atoms with Gasteiger partial charge in [-0.2, -0.15) is 0 Å². The van der Waals surface area contributed by atoms with Crippen LogP contribution in [0.2, 0.25) is 0 Å². The van der Waals surface area contributed by atoms with Crippen molar-refractivity contribution in [2.75, 3.05) is 7.11 Å². The first-order valence-corrected chi connectivity index (χ1v) is 5.45. The summed E-state index contributed by atoms with van der Waals surface area (Å²) in [7, 11) is 1.34. The highest BCUT2D eigenvalue weighted by Crippen LogP contribution is 2.09. The lowest BCUT2D eigenvalue weighted by molar-refractivity contribution is 0.0592. The number of aryl methyl sites for hydroxylation is 2. The Labute approximate surface area is 102 Å². The summed E-state index contributed by atoms with van der Waals surface area (Å²) in [6.45, 7) is 9.29. The maximum Gasteiger partial charge on any atom is 0.357 e. The standard InChI is InChI=1S/C9H12N2O2.C3H9N/c1-5-6(2)10-7(3)11-8(5)9(12)13-4;1-3(2)4/h1-4H3;3H,4H2,1-2H3. The largest absolute Gasteiger partial charge is 0.464 e. The van der Waals surface area contributed by atoms with Gasteiger partial charge in [-0.3, -0.25) is 0 Å². The molecule has 0 saturated heterocycles. The lowest BCUT2D eigenvalue weighted by atomic mass is 10.2. The van der Waals surface area contributed by atoms with Crippen molar-refractivity contribution < 1.29 is 9.53 Å². The Morgan fingerprint density at radius 2 is 1.71 bits per heavy atom. The summed E-state index contributed by atoms with van der Waals surface area (Å²) in [4.78, 5) is 19.4. The topological polar surface area (TPSA) is 78.1 Å². The first kappa shape index (κ1) is 15.5. The van der Waals surface area contributed by atoms with Gasteiger partial charge in [0.2, 0.25) is 0 Å². The maximum absolute atomic E-state index is 11.2. The van der Waals surface area contributed by atoms with Gasteiger partial charge in [0.05, 0.1) is 7.11 Å². The van der Waals surface area contributed by atoms with Crippen molar-refractivity contribution in [3.8, 4) is 0 Å². The molecule has 0 amide bonds. The van der Waals surface area contributed by atoms with E-state index in [1.165, 1.54) is 7.11 Å². The van der Waals surface area contributed by atoms with E-state index in [2.05, 4.69) is 14.7 Å². The smallest absolute Gasteiger partial charge is 0.357 e. The van der Waals surface area contributed by atoms with E-state index < -0.39 is 5.97 Å². The molecule has 0 radical (unpaired) electrons. The molecule has 0 aliphatic rings. The number of hydrogen-bond donors (Lipinski definition) is 1. The van der Waals surface area contributed by atoms with Crippen molar-refractivity contribution in [1.82, 2.24) is 9.97 Å². The monoisotopic (exact) mass is 239 g/mol. The molecule has 0 aromatic carbocycles. The van der Waals surface area contributed by atoms with E-state index in [1.54, 1.807) is 13.8 Å². The molecule has 2 N–H and O–H groups in total. The van der Waals surface area contributed by atoms with Gasteiger partial charge in [-0.25, -0.2) is 14.8 Å². The highest BCUT2D eigenvalue weighted by atomic mass is 16.5. The van der Waals surface area contributed by atoms with Gasteiger partial charge in [0.25, 0.3) is 0 Å². The summed E-state index contributed by atoms with van der Waals surface area (Å²) >= 11 is 0. The van der Waals surface area contributed by atoms with E-state index >= 15 is 0 Å². The summed E-state index contributed by atoms with van der Waals surface area (Å²) in [5.41, 5.74) is 7.05. The Bertz CT molecular complexity index is 387. The van der Waals surface area contributed by atoms with Crippen LogP contribution in [-0.2, 0) is 4.74 Å². The molecule has 0 unspecified atom stereocenters. The molecule has 0 bridgehead atoms. The number of nitrogens with zero attached hydrogens (tertiary/aromatic N) is 2. The van der Waals surface area contributed by atoms with Crippen LogP contribution in [0.4, 0.5) is 0 Å². The normalized spacial score (nSPS) is 9.65. The minimum atomic E-state index is -0.411. The van der Waals surface area contributed by atoms with Crippen molar-refractivity contribution in [3.63, 3.8) is 0 Å². The van der Waals surface area contributed by atoms with Crippen LogP contribution < -0.4 is 5.73 Å². The van der Waals surface area contributed by atoms with Gasteiger partial charge in [0.1, 0.15) is 5.82 Å². The lowest BCUT2D eigenvalue weighted by Gasteiger charge is -2.05. The molecule has 0 aliphatic carbocycles. The second-order valence-electron chi connectivity index (χ2n) is 4.07. The highest BCUT2D eigenvalue weighted by Gasteiger charge is 2.13. The van der Waals surface area contributed by atoms with E-state index in [0.29, 0.717) is 17.6 Å². The highest BCUT2D eigenvalue weighted by molar-refractivity contribution is 5.88. The van der Waals surface area contributed by atoms with Gasteiger partial charge in [-0.05, 0) is 26.8 Å². The van der Waals surface area contributed by atoms with Gasteiger partial charge in [0.15, 0.2) is 5.69 Å². The van der Waals surface area contributed by atoms with E-state index in [9.17, 15) is 4.79 Å². The van der Waals surface area contributed by atoms with Crippen LogP contribution in [0.5, 0.6) is 0 Å². The first-order chi connectivity index (χ1) is 7.79. The number of aromatic nitrogens is 2. The lowest BCUT2D eigenvalue weighted by Crippen LogP contribution is -2.10. The average molecular weight is 239 g/mol. The number of carbonyl (C=O) groups excluding carboxylic acids is 1. The molecule has 1 aromatic rings. The Kier molecular flexibility index (Phi) is 6.35. The Morgan fingerprint density at radius 3 is 2.12 bits per heavy atom. The molecule has 96 valence electrons. The summed E-state index contributed by atoms with van der Waals surface area (Å²) in [6.07, 6.45) is 0. The third kappa shape index (κ3) is 5.40. The van der Waals surface area contributed by atoms with Crippen molar-refractivity contribution in [2.24, 2.45) is 5.73 Å². The maximum atomic E-state index is 11.2. The third-order valence-electron chi connectivity index (χ3n) is 1.88. The van der Waals surface area contributed by atoms with Crippen LogP contribution in [0.15, 0.2) is 0 Å². The minimum Gasteiger partial charge on any atom is -0.464 e. The number of hydrogen-bond acceptors (Lipinski definition) is 5. The second kappa shape index (κ2) is 6.96. The van der Waals surface area contributed by atoms with Crippen LogP contribution in [0.1, 0.15) is 41.4 Å². The molecule has 1 heterocycles. The van der Waals surface area contributed by atoms with Crippen LogP contribution in [0.3, 0.4) is 0 Å². The van der Waals surface area contributed by atoms with Gasteiger partial charge in [0, 0.05) is 11.3 Å². The summed E-state index contributed by atoms with van der Waals surface area (Å²) < 4.78 is 4.60. The van der Waals surface area contributed by atoms with Gasteiger partial charge >= 0.3 is 5.97 Å². The molecular formula is C12H21N3O2. The predicted molar refractivity (Wildman–Crippen MR) is 66.9 cm³/mol. The van der Waals surface area contributed by atoms with E-state index in [0.717, 1.165) is 11.3 Å². The van der Waals surface area contributed by atoms with Crippen molar-refractivity contribution in [2.45, 2.75) is 40.7 Å². The molecule has 0 atom stereocenters. The average Bonchev–Trinajstić information content (AvgIpc) is 2.21. The Balaban J connectivity index is 0.000000557. The van der Waals surface area contributed by atoms with Crippen LogP contribution >= 0.6 is 0 Å². The molecule has 0 aliphatic heterocycles. The molecule has 0 fully saturated rings.